The Morgan fingerprint density at radius 3 is 2.56 bits per heavy atom. The van der Waals surface area contributed by atoms with Crippen LogP contribution in [-0.4, -0.2) is 56.1 Å². The van der Waals surface area contributed by atoms with Crippen molar-refractivity contribution in [3.63, 3.8) is 0 Å². The molecule has 1 atom stereocenters. The van der Waals surface area contributed by atoms with E-state index in [1.54, 1.807) is 31.2 Å². The number of hydrazine groups is 1. The summed E-state index contributed by atoms with van der Waals surface area (Å²) in [5.74, 6) is -2.27. The van der Waals surface area contributed by atoms with Crippen LogP contribution in [-0.2, 0) is 19.1 Å². The minimum Gasteiger partial charge on any atom is -0.493 e. The first-order valence-corrected chi connectivity index (χ1v) is 10.7. The molecule has 1 saturated heterocycles. The number of benzene rings is 2. The number of nitrogens with zero attached hydrogens (tertiary/aromatic N) is 1. The number of nitrogens with one attached hydrogen (secondary N) is 2. The smallest absolute Gasteiger partial charge is 0.311 e. The SMILES string of the molecule is COc1ccc(C(=O)NN2C[C@@H](C(=O)OCC(=O)Nc3cccc(Cl)c3C)CC2=O)cc1OC. The first-order chi connectivity index (χ1) is 16.2. The summed E-state index contributed by atoms with van der Waals surface area (Å²) in [4.78, 5) is 49.4. The first-order valence-electron chi connectivity index (χ1n) is 10.3. The minimum atomic E-state index is -0.820. The van der Waals surface area contributed by atoms with Crippen LogP contribution in [0, 0.1) is 12.8 Å². The largest absolute Gasteiger partial charge is 0.493 e. The van der Waals surface area contributed by atoms with Gasteiger partial charge in [-0.2, -0.15) is 0 Å². The Morgan fingerprint density at radius 2 is 1.85 bits per heavy atom. The number of carbonyl (C=O) groups excluding carboxylic acids is 4. The Balaban J connectivity index is 1.52. The van der Waals surface area contributed by atoms with Gasteiger partial charge >= 0.3 is 5.97 Å². The van der Waals surface area contributed by atoms with Gasteiger partial charge in [-0.25, -0.2) is 0 Å². The lowest BCUT2D eigenvalue weighted by Crippen LogP contribution is -2.43. The fourth-order valence-electron chi connectivity index (χ4n) is 3.32. The molecule has 3 rings (SSSR count). The highest BCUT2D eigenvalue weighted by atomic mass is 35.5. The van der Waals surface area contributed by atoms with Crippen molar-refractivity contribution in [3.8, 4) is 11.5 Å². The number of hydrogen-bond donors (Lipinski definition) is 2. The van der Waals surface area contributed by atoms with Gasteiger partial charge in [0.15, 0.2) is 18.1 Å². The number of methoxy groups -OCH3 is 2. The molecule has 0 radical (unpaired) electrons. The second-order valence-electron chi connectivity index (χ2n) is 7.48. The Kier molecular flexibility index (Phi) is 7.95. The average Bonchev–Trinajstić information content (AvgIpc) is 3.20. The van der Waals surface area contributed by atoms with Gasteiger partial charge in [-0.05, 0) is 42.8 Å². The van der Waals surface area contributed by atoms with E-state index in [0.29, 0.717) is 27.8 Å². The van der Waals surface area contributed by atoms with Crippen LogP contribution in [0.5, 0.6) is 11.5 Å². The Labute approximate surface area is 201 Å². The van der Waals surface area contributed by atoms with Crippen molar-refractivity contribution in [2.75, 3.05) is 32.7 Å². The van der Waals surface area contributed by atoms with E-state index in [2.05, 4.69) is 10.7 Å². The maximum atomic E-state index is 12.6. The molecule has 0 spiro atoms. The number of carbonyl (C=O) groups is 4. The van der Waals surface area contributed by atoms with Gasteiger partial charge in [-0.15, -0.1) is 0 Å². The summed E-state index contributed by atoms with van der Waals surface area (Å²) in [7, 11) is 2.91. The van der Waals surface area contributed by atoms with Gasteiger partial charge < -0.3 is 19.5 Å². The van der Waals surface area contributed by atoms with E-state index in [4.69, 9.17) is 25.8 Å². The van der Waals surface area contributed by atoms with Crippen LogP contribution < -0.4 is 20.2 Å². The molecule has 2 aromatic carbocycles. The van der Waals surface area contributed by atoms with Crippen molar-refractivity contribution in [2.24, 2.45) is 5.92 Å². The van der Waals surface area contributed by atoms with Crippen molar-refractivity contribution < 1.29 is 33.4 Å². The van der Waals surface area contributed by atoms with Gasteiger partial charge in [0.2, 0.25) is 5.91 Å². The highest BCUT2D eigenvalue weighted by molar-refractivity contribution is 6.31. The highest BCUT2D eigenvalue weighted by Crippen LogP contribution is 2.28. The van der Waals surface area contributed by atoms with Gasteiger partial charge in [0.1, 0.15) is 0 Å². The molecular weight excluding hydrogens is 466 g/mol. The lowest BCUT2D eigenvalue weighted by Gasteiger charge is -2.18. The Bertz CT molecular complexity index is 1120. The van der Waals surface area contributed by atoms with Crippen molar-refractivity contribution in [3.05, 3.63) is 52.5 Å². The number of esters is 1. The van der Waals surface area contributed by atoms with Crippen molar-refractivity contribution >= 4 is 41.0 Å². The molecule has 1 aliphatic heterocycles. The molecule has 3 amide bonds. The standard InChI is InChI=1S/C23H24ClN3O7/c1-13-16(24)5-4-6-17(13)25-20(28)12-34-23(31)15-10-21(29)27(11-15)26-22(30)14-7-8-18(32-2)19(9-14)33-3/h4-9,15H,10-12H2,1-3H3,(H,25,28)(H,26,30)/t15-/m0/s1. The molecule has 1 aliphatic rings. The topological polar surface area (TPSA) is 123 Å². The highest BCUT2D eigenvalue weighted by Gasteiger charge is 2.36. The summed E-state index contributed by atoms with van der Waals surface area (Å²) >= 11 is 6.03. The zero-order valence-electron chi connectivity index (χ0n) is 18.8. The quantitative estimate of drug-likeness (QED) is 0.545. The molecule has 0 saturated carbocycles. The number of hydrogen-bond acceptors (Lipinski definition) is 7. The number of ether oxygens (including phenoxy) is 3. The first kappa shape index (κ1) is 24.8. The van der Waals surface area contributed by atoms with Crippen molar-refractivity contribution in [2.45, 2.75) is 13.3 Å². The zero-order valence-corrected chi connectivity index (χ0v) is 19.6. The number of halogens is 1. The molecule has 34 heavy (non-hydrogen) atoms. The molecule has 2 aromatic rings. The van der Waals surface area contributed by atoms with Crippen molar-refractivity contribution in [1.29, 1.82) is 0 Å². The molecule has 1 heterocycles. The fraction of sp³-hybridized carbons (Fsp3) is 0.304. The molecule has 0 aliphatic carbocycles. The third-order valence-corrected chi connectivity index (χ3v) is 5.64. The van der Waals surface area contributed by atoms with Crippen LogP contribution in [0.3, 0.4) is 0 Å². The van der Waals surface area contributed by atoms with Gasteiger partial charge in [0, 0.05) is 22.7 Å². The minimum absolute atomic E-state index is 0.0777. The van der Waals surface area contributed by atoms with Gasteiger partial charge in [0.05, 0.1) is 26.7 Å². The van der Waals surface area contributed by atoms with Crippen LogP contribution in [0.15, 0.2) is 36.4 Å². The molecular formula is C23H24ClN3O7. The fourth-order valence-corrected chi connectivity index (χ4v) is 3.50. The van der Waals surface area contributed by atoms with Crippen LogP contribution in [0.1, 0.15) is 22.3 Å². The normalized spacial score (nSPS) is 15.0. The second-order valence-corrected chi connectivity index (χ2v) is 7.89. The summed E-state index contributed by atoms with van der Waals surface area (Å²) in [6, 6.07) is 9.61. The molecule has 11 heteroatoms. The maximum Gasteiger partial charge on any atom is 0.311 e. The summed E-state index contributed by atoms with van der Waals surface area (Å²) in [6.07, 6.45) is -0.153. The summed E-state index contributed by atoms with van der Waals surface area (Å²) in [5, 5.41) is 4.17. The maximum absolute atomic E-state index is 12.6. The van der Waals surface area contributed by atoms with Crippen molar-refractivity contribution in [1.82, 2.24) is 10.4 Å². The van der Waals surface area contributed by atoms with Crippen LogP contribution >= 0.6 is 11.6 Å². The predicted octanol–water partition coefficient (Wildman–Crippen LogP) is 2.34. The molecule has 0 unspecified atom stereocenters. The summed E-state index contributed by atoms with van der Waals surface area (Å²) < 4.78 is 15.4. The van der Waals surface area contributed by atoms with E-state index in [-0.39, 0.29) is 18.5 Å². The van der Waals surface area contributed by atoms with Gasteiger partial charge in [-0.3, -0.25) is 29.6 Å². The molecule has 0 aromatic heterocycles. The molecule has 10 nitrogen and oxygen atoms in total. The van der Waals surface area contributed by atoms with E-state index >= 15 is 0 Å². The number of anilines is 1. The third kappa shape index (κ3) is 5.76. The predicted molar refractivity (Wildman–Crippen MR) is 123 cm³/mol. The van der Waals surface area contributed by atoms with E-state index in [9.17, 15) is 19.2 Å². The lowest BCUT2D eigenvalue weighted by molar-refractivity contribution is -0.151. The van der Waals surface area contributed by atoms with E-state index < -0.39 is 36.2 Å². The second kappa shape index (κ2) is 10.9. The van der Waals surface area contributed by atoms with Gasteiger partial charge in [-0.1, -0.05) is 17.7 Å². The number of amides is 3. The van der Waals surface area contributed by atoms with Gasteiger partial charge in [0.25, 0.3) is 11.8 Å². The number of rotatable bonds is 8. The summed E-state index contributed by atoms with van der Waals surface area (Å²) in [6.45, 7) is 1.15. The van der Waals surface area contributed by atoms with E-state index in [1.165, 1.54) is 26.4 Å². The lowest BCUT2D eigenvalue weighted by atomic mass is 10.1. The Hall–Kier alpha value is -3.79. The van der Waals surface area contributed by atoms with Crippen LogP contribution in [0.2, 0.25) is 5.02 Å². The summed E-state index contributed by atoms with van der Waals surface area (Å²) in [5.41, 5.74) is 3.91. The van der Waals surface area contributed by atoms with Crippen LogP contribution in [0.4, 0.5) is 5.69 Å². The molecule has 180 valence electrons. The monoisotopic (exact) mass is 489 g/mol. The molecule has 1 fully saturated rings. The van der Waals surface area contributed by atoms with E-state index in [0.717, 1.165) is 5.01 Å². The molecule has 2 N–H and O–H groups in total. The van der Waals surface area contributed by atoms with Crippen LogP contribution in [0.25, 0.3) is 0 Å². The Morgan fingerprint density at radius 1 is 1.12 bits per heavy atom. The average molecular weight is 490 g/mol. The zero-order chi connectivity index (χ0) is 24.8. The molecule has 0 bridgehead atoms. The third-order valence-electron chi connectivity index (χ3n) is 5.23. The van der Waals surface area contributed by atoms with E-state index in [1.807, 2.05) is 0 Å².